The smallest absolute Gasteiger partial charge is 0.341 e. The summed E-state index contributed by atoms with van der Waals surface area (Å²) in [6.07, 6.45) is -6.89. The van der Waals surface area contributed by atoms with Crippen molar-refractivity contribution in [1.29, 1.82) is 0 Å². The van der Waals surface area contributed by atoms with Crippen LogP contribution in [0, 0.1) is 23.7 Å². The van der Waals surface area contributed by atoms with E-state index in [2.05, 4.69) is 5.32 Å². The maximum absolute atomic E-state index is 14.6. The molecule has 0 unspecified atom stereocenters. The lowest BCUT2D eigenvalue weighted by molar-refractivity contribution is -0.320. The molecule has 2 aromatic rings. The van der Waals surface area contributed by atoms with Crippen LogP contribution in [-0.2, 0) is 58.7 Å². The third kappa shape index (κ3) is 14.5. The van der Waals surface area contributed by atoms with Gasteiger partial charge in [-0.25, -0.2) is 4.79 Å². The average Bonchev–Trinajstić information content (AvgIpc) is 3.37. The molecular weight excluding hydrogens is 999 g/mol. The van der Waals surface area contributed by atoms with Crippen molar-refractivity contribution < 1.29 is 77.5 Å². The number of rotatable bonds is 18. The number of cyclic esters (lactones) is 1. The molecule has 77 heavy (non-hydrogen) atoms. The SMILES string of the molecule is CC[C@H]1OC(=O)[C@H](C)[C@@H](O[C@H]2C[C@@](C)(OC)[C@@H](OC(=O)CCNCCCc3ccc4c(c3)c(=O)c(C(=O)O)cn4C(C)C)[C@H](C)O2)[C@H](C)[C@@H](O[C@@H]2O[C@H](C)C[C@H](N(C)C)[C@H]2O)[C@](C)(OC)C[C@@H](C)C(=O)[C@H](C)[C@@H](O)[C@]1(C)O. The first kappa shape index (κ1) is 63.9. The number of aromatic carboxylic acids is 1. The number of nitrogens with zero attached hydrogens (tertiary/aromatic N) is 2. The lowest BCUT2D eigenvalue weighted by Crippen LogP contribution is -2.61. The van der Waals surface area contributed by atoms with Crippen LogP contribution in [0.25, 0.3) is 10.9 Å². The van der Waals surface area contributed by atoms with Crippen molar-refractivity contribution in [3.63, 3.8) is 0 Å². The summed E-state index contributed by atoms with van der Waals surface area (Å²) in [6.45, 7) is 21.7. The molecule has 0 amide bonds. The fourth-order valence-corrected chi connectivity index (χ4v) is 11.9. The van der Waals surface area contributed by atoms with Crippen molar-refractivity contribution in [2.45, 2.75) is 218 Å². The van der Waals surface area contributed by atoms with Crippen LogP contribution in [-0.4, -0.2) is 179 Å². The van der Waals surface area contributed by atoms with Gasteiger partial charge in [0.1, 0.15) is 34.8 Å². The van der Waals surface area contributed by atoms with E-state index in [9.17, 15) is 44.4 Å². The number of carbonyl (C=O) groups excluding carboxylic acids is 3. The highest BCUT2D eigenvalue weighted by Crippen LogP contribution is 2.42. The van der Waals surface area contributed by atoms with Crippen LogP contribution in [0.15, 0.2) is 29.2 Å². The fourth-order valence-electron chi connectivity index (χ4n) is 11.9. The zero-order chi connectivity index (χ0) is 57.6. The number of hydrogen-bond acceptors (Lipinski definition) is 18. The molecule has 4 heterocycles. The van der Waals surface area contributed by atoms with Crippen LogP contribution in [0.1, 0.15) is 144 Å². The van der Waals surface area contributed by atoms with E-state index in [1.807, 2.05) is 58.8 Å². The van der Waals surface area contributed by atoms with Crippen LogP contribution in [0.4, 0.5) is 0 Å². The lowest BCUT2D eigenvalue weighted by Gasteiger charge is -2.50. The van der Waals surface area contributed by atoms with Crippen molar-refractivity contribution in [3.8, 4) is 0 Å². The van der Waals surface area contributed by atoms with Crippen molar-refractivity contribution in [3.05, 3.63) is 45.7 Å². The molecule has 0 spiro atoms. The number of benzene rings is 1. The second kappa shape index (κ2) is 26.6. The molecule has 0 aliphatic carbocycles. The van der Waals surface area contributed by atoms with E-state index < -0.39 is 119 Å². The van der Waals surface area contributed by atoms with Gasteiger partial charge in [0.05, 0.1) is 54.0 Å². The first-order valence-corrected chi connectivity index (χ1v) is 27.5. The number of fused-ring (bicyclic) bond motifs is 1. The van der Waals surface area contributed by atoms with Gasteiger partial charge in [-0.15, -0.1) is 0 Å². The molecule has 0 saturated carbocycles. The minimum Gasteiger partial charge on any atom is -0.477 e. The van der Waals surface area contributed by atoms with Gasteiger partial charge >= 0.3 is 17.9 Å². The Morgan fingerprint density at radius 3 is 2.16 bits per heavy atom. The number of aliphatic hydroxyl groups is 3. The van der Waals surface area contributed by atoms with Crippen LogP contribution in [0.3, 0.4) is 0 Å². The van der Waals surface area contributed by atoms with E-state index in [1.54, 1.807) is 52.2 Å². The highest BCUT2D eigenvalue weighted by Gasteiger charge is 2.55. The minimum absolute atomic E-state index is 0.0315. The number of nitrogens with one attached hydrogen (secondary N) is 1. The molecule has 0 bridgehead atoms. The Balaban J connectivity index is 1.35. The molecule has 0 radical (unpaired) electrons. The van der Waals surface area contributed by atoms with Gasteiger partial charge in [-0.2, -0.15) is 0 Å². The number of pyridine rings is 1. The molecule has 5 N–H and O–H groups in total. The number of aromatic nitrogens is 1. The summed E-state index contributed by atoms with van der Waals surface area (Å²) in [7, 11) is 6.72. The molecule has 3 aliphatic heterocycles. The van der Waals surface area contributed by atoms with E-state index in [0.29, 0.717) is 43.3 Å². The Kier molecular flexibility index (Phi) is 22.0. The Bertz CT molecular complexity index is 2400. The van der Waals surface area contributed by atoms with Crippen LogP contribution < -0.4 is 10.7 Å². The van der Waals surface area contributed by atoms with Gasteiger partial charge in [-0.3, -0.25) is 19.2 Å². The predicted molar refractivity (Wildman–Crippen MR) is 286 cm³/mol. The summed E-state index contributed by atoms with van der Waals surface area (Å²) in [4.78, 5) is 69.1. The van der Waals surface area contributed by atoms with Gasteiger partial charge in [-0.1, -0.05) is 33.8 Å². The number of likely N-dealkylation sites (N-methyl/N-ethyl adjacent to an activating group) is 1. The van der Waals surface area contributed by atoms with Crippen LogP contribution in [0.2, 0.25) is 0 Å². The molecule has 1 aromatic carbocycles. The standard InChI is InChI=1S/C57H91N3O17/c1-17-42-57(12,69)49(65)33(6)45(62)31(4)27-55(10,70-15)50(77-54-47(64)41(59(13)14)25-32(5)72-54)34(7)48(35(8)53(68)74-42)76-44-28-56(11,71-16)51(36(9)73-44)75-43(61)22-24-58-23-18-19-37-20-21-40-38(26-37)46(63)39(52(66)67)29-60(40)30(2)3/h20-21,26,29-36,41-42,44,47-51,54,58,64-65,69H,17-19,22-25,27-28H2,1-16H3,(H,66,67)/t31-,32-,33+,34+,35-,36+,41+,42-,44+,47-,48+,49-,50-,51+,54+,55-,56-,57-/m1/s1. The van der Waals surface area contributed by atoms with E-state index in [0.717, 1.165) is 5.56 Å². The highest BCUT2D eigenvalue weighted by atomic mass is 16.7. The lowest BCUT2D eigenvalue weighted by atomic mass is 9.74. The quantitative estimate of drug-likeness (QED) is 0.0949. The number of aliphatic hydroxyl groups excluding tert-OH is 2. The minimum atomic E-state index is -2.03. The predicted octanol–water partition coefficient (Wildman–Crippen LogP) is 5.20. The molecule has 3 saturated heterocycles. The molecule has 18 atom stereocenters. The second-order valence-electron chi connectivity index (χ2n) is 23.2. The Morgan fingerprint density at radius 1 is 0.909 bits per heavy atom. The topological polar surface area (TPSA) is 260 Å². The maximum Gasteiger partial charge on any atom is 0.341 e. The van der Waals surface area contributed by atoms with Crippen molar-refractivity contribution >= 4 is 34.6 Å². The summed E-state index contributed by atoms with van der Waals surface area (Å²) in [6, 6.07) is 5.14. The monoisotopic (exact) mass is 1090 g/mol. The number of hydrogen-bond donors (Lipinski definition) is 5. The Morgan fingerprint density at radius 2 is 1.56 bits per heavy atom. The summed E-state index contributed by atoms with van der Waals surface area (Å²) in [5, 5.41) is 48.6. The number of carboxylic acids is 1. The molecule has 20 heteroatoms. The van der Waals surface area contributed by atoms with E-state index >= 15 is 0 Å². The zero-order valence-corrected chi connectivity index (χ0v) is 48.4. The second-order valence-corrected chi connectivity index (χ2v) is 23.2. The summed E-state index contributed by atoms with van der Waals surface area (Å²) < 4.78 is 53.1. The number of esters is 2. The summed E-state index contributed by atoms with van der Waals surface area (Å²) in [5.41, 5.74) is -3.77. The van der Waals surface area contributed by atoms with E-state index in [4.69, 9.17) is 37.9 Å². The third-order valence-corrected chi connectivity index (χ3v) is 16.7. The van der Waals surface area contributed by atoms with Crippen LogP contribution in [0.5, 0.6) is 0 Å². The molecule has 20 nitrogen and oxygen atoms in total. The number of carboxylic acid groups (broad SMARTS) is 1. The third-order valence-electron chi connectivity index (χ3n) is 16.7. The summed E-state index contributed by atoms with van der Waals surface area (Å²) in [5.74, 6) is -6.60. The van der Waals surface area contributed by atoms with Crippen molar-refractivity contribution in [2.75, 3.05) is 41.4 Å². The normalized spacial score (nSPS) is 36.9. The molecule has 5 rings (SSSR count). The Hall–Kier alpha value is -3.93. The van der Waals surface area contributed by atoms with Gasteiger partial charge in [-0.05, 0) is 126 Å². The molecule has 3 fully saturated rings. The number of Topliss-reactive ketones (excluding diaryl/α,β-unsaturated/α-hetero) is 1. The maximum atomic E-state index is 14.6. The van der Waals surface area contributed by atoms with E-state index in [1.165, 1.54) is 34.3 Å². The highest BCUT2D eigenvalue weighted by molar-refractivity contribution is 5.92. The van der Waals surface area contributed by atoms with E-state index in [-0.39, 0.29) is 55.2 Å². The molecular formula is C57H91N3O17. The van der Waals surface area contributed by atoms with Gasteiger partial charge in [0.2, 0.25) is 5.43 Å². The van der Waals surface area contributed by atoms with Gasteiger partial charge < -0.3 is 73.1 Å². The first-order valence-electron chi connectivity index (χ1n) is 27.5. The number of carbonyl (C=O) groups is 4. The number of methoxy groups -OCH3 is 2. The van der Waals surface area contributed by atoms with Crippen molar-refractivity contribution in [1.82, 2.24) is 14.8 Å². The zero-order valence-electron chi connectivity index (χ0n) is 48.4. The van der Waals surface area contributed by atoms with Gasteiger partial charge in [0.15, 0.2) is 18.7 Å². The fraction of sp³-hybridized carbons (Fsp3) is 0.772. The molecule has 436 valence electrons. The number of aryl methyl sites for hydroxylation is 1. The van der Waals surface area contributed by atoms with Crippen LogP contribution >= 0.6 is 0 Å². The van der Waals surface area contributed by atoms with Gasteiger partial charge in [0, 0.05) is 68.6 Å². The number of ether oxygens (including phenoxy) is 8. The largest absolute Gasteiger partial charge is 0.477 e. The van der Waals surface area contributed by atoms with Gasteiger partial charge in [0.25, 0.3) is 0 Å². The Labute approximate surface area is 454 Å². The van der Waals surface area contributed by atoms with Crippen molar-refractivity contribution in [2.24, 2.45) is 23.7 Å². The summed E-state index contributed by atoms with van der Waals surface area (Å²) >= 11 is 0. The molecule has 1 aromatic heterocycles. The molecule has 3 aliphatic rings. The number of ketones is 1. The average molecular weight is 1090 g/mol. The first-order chi connectivity index (χ1) is 36.0.